The van der Waals surface area contributed by atoms with Gasteiger partial charge >= 0.3 is 0 Å². The average molecular weight is 240 g/mol. The van der Waals surface area contributed by atoms with Gasteiger partial charge in [0.2, 0.25) is 0 Å². The predicted molar refractivity (Wildman–Crippen MR) is 75.2 cm³/mol. The Morgan fingerprint density at radius 1 is 1.11 bits per heavy atom. The highest BCUT2D eigenvalue weighted by Gasteiger charge is 2.19. The van der Waals surface area contributed by atoms with Crippen LogP contribution in [0.1, 0.15) is 43.8 Å². The average Bonchev–Trinajstić information content (AvgIpc) is 2.91. The third-order valence-electron chi connectivity index (χ3n) is 4.06. The molecule has 2 heteroatoms. The van der Waals surface area contributed by atoms with Crippen LogP contribution in [0.25, 0.3) is 10.9 Å². The summed E-state index contributed by atoms with van der Waals surface area (Å²) in [4.78, 5) is 4.69. The molecule has 2 nitrogen and oxygen atoms in total. The zero-order valence-electron chi connectivity index (χ0n) is 10.7. The van der Waals surface area contributed by atoms with Gasteiger partial charge in [-0.3, -0.25) is 4.98 Å². The lowest BCUT2D eigenvalue weighted by atomic mass is 9.96. The highest BCUT2D eigenvalue weighted by atomic mass is 14.8. The SMILES string of the molecule is NC(CC1CCCC1)c1ccc2ccccc2n1. The first-order valence-electron chi connectivity index (χ1n) is 6.94. The fourth-order valence-corrected chi connectivity index (χ4v) is 3.01. The monoisotopic (exact) mass is 240 g/mol. The highest BCUT2D eigenvalue weighted by Crippen LogP contribution is 2.31. The molecule has 1 heterocycles. The lowest BCUT2D eigenvalue weighted by Gasteiger charge is -2.16. The molecule has 0 aliphatic heterocycles. The minimum Gasteiger partial charge on any atom is -0.323 e. The molecule has 1 aromatic carbocycles. The van der Waals surface area contributed by atoms with E-state index in [9.17, 15) is 0 Å². The molecule has 1 fully saturated rings. The van der Waals surface area contributed by atoms with Crippen molar-refractivity contribution in [2.24, 2.45) is 11.7 Å². The first kappa shape index (κ1) is 11.7. The molecule has 18 heavy (non-hydrogen) atoms. The highest BCUT2D eigenvalue weighted by molar-refractivity contribution is 5.78. The molecule has 2 N–H and O–H groups in total. The van der Waals surface area contributed by atoms with E-state index in [1.54, 1.807) is 0 Å². The summed E-state index contributed by atoms with van der Waals surface area (Å²) < 4.78 is 0. The van der Waals surface area contributed by atoms with Crippen molar-refractivity contribution in [3.05, 3.63) is 42.1 Å². The standard InChI is InChI=1S/C16H20N2/c17-14(11-12-5-1-2-6-12)16-10-9-13-7-3-4-8-15(13)18-16/h3-4,7-10,12,14H,1-2,5-6,11,17H2. The Labute approximate surface area is 108 Å². The van der Waals surface area contributed by atoms with Crippen LogP contribution in [-0.4, -0.2) is 4.98 Å². The summed E-state index contributed by atoms with van der Waals surface area (Å²) in [5.41, 5.74) is 8.40. The number of rotatable bonds is 3. The molecule has 1 saturated carbocycles. The third kappa shape index (κ3) is 2.39. The van der Waals surface area contributed by atoms with Crippen molar-refractivity contribution in [2.75, 3.05) is 0 Å². The van der Waals surface area contributed by atoms with Crippen molar-refractivity contribution < 1.29 is 0 Å². The summed E-state index contributed by atoms with van der Waals surface area (Å²) >= 11 is 0. The Morgan fingerprint density at radius 3 is 2.72 bits per heavy atom. The molecule has 0 bridgehead atoms. The summed E-state index contributed by atoms with van der Waals surface area (Å²) in [5.74, 6) is 0.813. The second kappa shape index (κ2) is 5.07. The number of aromatic nitrogens is 1. The summed E-state index contributed by atoms with van der Waals surface area (Å²) in [6.07, 6.45) is 6.54. The topological polar surface area (TPSA) is 38.9 Å². The van der Waals surface area contributed by atoms with Crippen LogP contribution in [0.4, 0.5) is 0 Å². The first-order chi connectivity index (χ1) is 8.83. The molecule has 1 unspecified atom stereocenters. The van der Waals surface area contributed by atoms with E-state index in [4.69, 9.17) is 10.7 Å². The smallest absolute Gasteiger partial charge is 0.0706 e. The van der Waals surface area contributed by atoms with E-state index in [1.807, 2.05) is 12.1 Å². The molecule has 1 atom stereocenters. The van der Waals surface area contributed by atoms with Gasteiger partial charge in [-0.05, 0) is 24.5 Å². The van der Waals surface area contributed by atoms with Crippen LogP contribution in [0, 0.1) is 5.92 Å². The van der Waals surface area contributed by atoms with Crippen LogP contribution in [0.15, 0.2) is 36.4 Å². The first-order valence-corrected chi connectivity index (χ1v) is 6.94. The number of nitrogens with two attached hydrogens (primary N) is 1. The van der Waals surface area contributed by atoms with Gasteiger partial charge in [-0.1, -0.05) is 49.9 Å². The molecule has 1 aliphatic carbocycles. The van der Waals surface area contributed by atoms with Crippen LogP contribution in [0.3, 0.4) is 0 Å². The van der Waals surface area contributed by atoms with E-state index < -0.39 is 0 Å². The zero-order valence-corrected chi connectivity index (χ0v) is 10.7. The number of hydrogen-bond donors (Lipinski definition) is 1. The molecule has 2 aromatic rings. The largest absolute Gasteiger partial charge is 0.323 e. The maximum atomic E-state index is 6.30. The second-order valence-electron chi connectivity index (χ2n) is 5.42. The molecular weight excluding hydrogens is 220 g/mol. The molecular formula is C16H20N2. The van der Waals surface area contributed by atoms with Crippen molar-refractivity contribution in [1.82, 2.24) is 4.98 Å². The Kier molecular flexibility index (Phi) is 3.28. The number of para-hydroxylation sites is 1. The Bertz CT molecular complexity index is 529. The Hall–Kier alpha value is -1.41. The number of benzene rings is 1. The predicted octanol–water partition coefficient (Wildman–Crippen LogP) is 3.81. The van der Waals surface area contributed by atoms with E-state index in [0.717, 1.165) is 23.5 Å². The molecule has 0 spiro atoms. The summed E-state index contributed by atoms with van der Waals surface area (Å²) in [6, 6.07) is 12.5. The lowest BCUT2D eigenvalue weighted by Crippen LogP contribution is -2.15. The van der Waals surface area contributed by atoms with Gasteiger partial charge in [-0.15, -0.1) is 0 Å². The minimum atomic E-state index is 0.0951. The van der Waals surface area contributed by atoms with Gasteiger partial charge in [0.1, 0.15) is 0 Å². The van der Waals surface area contributed by atoms with E-state index >= 15 is 0 Å². The normalized spacial score (nSPS) is 18.3. The molecule has 0 saturated heterocycles. The molecule has 0 radical (unpaired) electrons. The van der Waals surface area contributed by atoms with Crippen molar-refractivity contribution in [2.45, 2.75) is 38.1 Å². The lowest BCUT2D eigenvalue weighted by molar-refractivity contribution is 0.446. The summed E-state index contributed by atoms with van der Waals surface area (Å²) in [5, 5.41) is 1.19. The number of pyridine rings is 1. The van der Waals surface area contributed by atoms with Crippen molar-refractivity contribution in [1.29, 1.82) is 0 Å². The number of hydrogen-bond acceptors (Lipinski definition) is 2. The van der Waals surface area contributed by atoms with Crippen LogP contribution in [0.2, 0.25) is 0 Å². The van der Waals surface area contributed by atoms with E-state index in [-0.39, 0.29) is 6.04 Å². The fraction of sp³-hybridized carbons (Fsp3) is 0.438. The zero-order chi connectivity index (χ0) is 12.4. The van der Waals surface area contributed by atoms with Gasteiger partial charge in [-0.2, -0.15) is 0 Å². The Balaban J connectivity index is 1.80. The van der Waals surface area contributed by atoms with Gasteiger partial charge in [-0.25, -0.2) is 0 Å². The molecule has 1 aromatic heterocycles. The van der Waals surface area contributed by atoms with Gasteiger partial charge in [0.05, 0.1) is 11.2 Å². The van der Waals surface area contributed by atoms with Crippen LogP contribution in [0.5, 0.6) is 0 Å². The van der Waals surface area contributed by atoms with Crippen molar-refractivity contribution in [3.8, 4) is 0 Å². The fourth-order valence-electron chi connectivity index (χ4n) is 3.01. The molecule has 94 valence electrons. The van der Waals surface area contributed by atoms with Crippen LogP contribution in [-0.2, 0) is 0 Å². The Morgan fingerprint density at radius 2 is 1.89 bits per heavy atom. The van der Waals surface area contributed by atoms with E-state index in [0.29, 0.717) is 0 Å². The van der Waals surface area contributed by atoms with Crippen LogP contribution < -0.4 is 5.73 Å². The van der Waals surface area contributed by atoms with Gasteiger partial charge in [0, 0.05) is 11.4 Å². The second-order valence-corrected chi connectivity index (χ2v) is 5.42. The summed E-state index contributed by atoms with van der Waals surface area (Å²) in [6.45, 7) is 0. The van der Waals surface area contributed by atoms with Gasteiger partial charge in [0.15, 0.2) is 0 Å². The maximum absolute atomic E-state index is 6.30. The molecule has 1 aliphatic rings. The molecule has 3 rings (SSSR count). The van der Waals surface area contributed by atoms with Gasteiger partial charge < -0.3 is 5.73 Å². The summed E-state index contributed by atoms with van der Waals surface area (Å²) in [7, 11) is 0. The van der Waals surface area contributed by atoms with E-state index in [2.05, 4.69) is 24.3 Å². The number of fused-ring (bicyclic) bond motifs is 1. The quantitative estimate of drug-likeness (QED) is 0.886. The van der Waals surface area contributed by atoms with Crippen molar-refractivity contribution >= 4 is 10.9 Å². The number of nitrogens with zero attached hydrogens (tertiary/aromatic N) is 1. The van der Waals surface area contributed by atoms with Crippen LogP contribution >= 0.6 is 0 Å². The third-order valence-corrected chi connectivity index (χ3v) is 4.06. The minimum absolute atomic E-state index is 0.0951. The van der Waals surface area contributed by atoms with Gasteiger partial charge in [0.25, 0.3) is 0 Å². The maximum Gasteiger partial charge on any atom is 0.0706 e. The van der Waals surface area contributed by atoms with Crippen molar-refractivity contribution in [3.63, 3.8) is 0 Å². The van der Waals surface area contributed by atoms with E-state index in [1.165, 1.54) is 31.1 Å². The molecule has 0 amide bonds.